The lowest BCUT2D eigenvalue weighted by Crippen LogP contribution is -2.30. The van der Waals surface area contributed by atoms with Crippen molar-refractivity contribution in [1.29, 1.82) is 0 Å². The van der Waals surface area contributed by atoms with Crippen LogP contribution in [0.25, 0.3) is 0 Å². The van der Waals surface area contributed by atoms with Gasteiger partial charge in [0.2, 0.25) is 0 Å². The molecule has 2 aromatic carbocycles. The molecule has 1 aliphatic heterocycles. The second-order valence-corrected chi connectivity index (χ2v) is 6.20. The molecule has 128 valence electrons. The maximum Gasteiger partial charge on any atom is 0.418 e. The largest absolute Gasteiger partial charge is 0.418 e. The summed E-state index contributed by atoms with van der Waals surface area (Å²) in [6.07, 6.45) is -2.40. The van der Waals surface area contributed by atoms with Crippen LogP contribution in [0, 0.1) is 5.92 Å². The highest BCUT2D eigenvalue weighted by molar-refractivity contribution is 5.62. The lowest BCUT2D eigenvalue weighted by molar-refractivity contribution is -0.137. The summed E-state index contributed by atoms with van der Waals surface area (Å²) in [6.45, 7) is 0.0907. The molecule has 0 aromatic heterocycles. The molecule has 2 aromatic rings. The van der Waals surface area contributed by atoms with Gasteiger partial charge in [0.05, 0.1) is 17.3 Å². The number of nitrogens with one attached hydrogen (secondary N) is 1. The second kappa shape index (κ2) is 6.85. The van der Waals surface area contributed by atoms with Crippen molar-refractivity contribution in [3.8, 4) is 0 Å². The van der Waals surface area contributed by atoms with E-state index in [1.165, 1.54) is 6.07 Å². The molecule has 2 N–H and O–H groups in total. The normalized spacial score (nSPS) is 20.3. The molecule has 1 aliphatic rings. The molecule has 2 atom stereocenters. The van der Waals surface area contributed by atoms with Gasteiger partial charge in [0.15, 0.2) is 0 Å². The summed E-state index contributed by atoms with van der Waals surface area (Å²) in [5.41, 5.74) is 1.25. The monoisotopic (exact) mass is 335 g/mol. The van der Waals surface area contributed by atoms with Crippen LogP contribution in [0.3, 0.4) is 0 Å². The number of aliphatic hydroxyl groups is 1. The molecule has 5 heteroatoms. The fraction of sp³-hybridized carbons (Fsp3) is 0.368. The Labute approximate surface area is 139 Å². The van der Waals surface area contributed by atoms with Crippen molar-refractivity contribution in [2.45, 2.75) is 31.5 Å². The van der Waals surface area contributed by atoms with Gasteiger partial charge in [-0.2, -0.15) is 13.2 Å². The van der Waals surface area contributed by atoms with Gasteiger partial charge in [-0.3, -0.25) is 0 Å². The molecule has 0 fully saturated rings. The van der Waals surface area contributed by atoms with Crippen molar-refractivity contribution in [2.24, 2.45) is 5.92 Å². The molecular formula is C19H20F3NO. The van der Waals surface area contributed by atoms with Gasteiger partial charge in [-0.05, 0) is 42.4 Å². The minimum atomic E-state index is -4.38. The molecule has 0 spiro atoms. The molecule has 0 aliphatic carbocycles. The van der Waals surface area contributed by atoms with E-state index in [9.17, 15) is 13.2 Å². The number of para-hydroxylation sites is 1. The maximum atomic E-state index is 13.3. The molecule has 0 amide bonds. The van der Waals surface area contributed by atoms with E-state index in [4.69, 9.17) is 5.11 Å². The number of anilines is 1. The minimum Gasteiger partial charge on any atom is -0.396 e. The predicted molar refractivity (Wildman–Crippen MR) is 87.8 cm³/mol. The molecule has 0 saturated carbocycles. The number of benzene rings is 2. The zero-order chi connectivity index (χ0) is 17.2. The van der Waals surface area contributed by atoms with Crippen LogP contribution < -0.4 is 5.32 Å². The quantitative estimate of drug-likeness (QED) is 0.841. The highest BCUT2D eigenvalue weighted by Gasteiger charge is 2.38. The summed E-state index contributed by atoms with van der Waals surface area (Å²) in [7, 11) is 0. The van der Waals surface area contributed by atoms with E-state index in [1.807, 2.05) is 30.3 Å². The first kappa shape index (κ1) is 16.8. The highest BCUT2D eigenvalue weighted by Crippen LogP contribution is 2.44. The van der Waals surface area contributed by atoms with Crippen molar-refractivity contribution >= 4 is 5.69 Å². The first-order valence-corrected chi connectivity index (χ1v) is 8.12. The van der Waals surface area contributed by atoms with Crippen LogP contribution in [-0.2, 0) is 12.6 Å². The summed E-state index contributed by atoms with van der Waals surface area (Å²) < 4.78 is 40.0. The average molecular weight is 335 g/mol. The number of hydrogen-bond donors (Lipinski definition) is 2. The summed E-state index contributed by atoms with van der Waals surface area (Å²) in [6, 6.07) is 13.7. The standard InChI is InChI=1S/C19H20F3NO/c20-19(21,22)16-10-4-8-15-12-14(9-5-11-24)17(23-18(15)16)13-6-2-1-3-7-13/h1-4,6-8,10,14,17,23-24H,5,9,11-12H2. The third-order valence-electron chi connectivity index (χ3n) is 4.60. The van der Waals surface area contributed by atoms with Crippen LogP contribution >= 0.6 is 0 Å². The molecule has 0 bridgehead atoms. The predicted octanol–water partition coefficient (Wildman–Crippen LogP) is 4.80. The molecule has 0 saturated heterocycles. The molecule has 24 heavy (non-hydrogen) atoms. The lowest BCUT2D eigenvalue weighted by atomic mass is 9.80. The van der Waals surface area contributed by atoms with Crippen LogP contribution in [-0.4, -0.2) is 11.7 Å². The molecule has 0 radical (unpaired) electrons. The van der Waals surface area contributed by atoms with Crippen LogP contribution in [0.1, 0.15) is 35.6 Å². The van der Waals surface area contributed by atoms with Crippen LogP contribution in [0.2, 0.25) is 0 Å². The highest BCUT2D eigenvalue weighted by atomic mass is 19.4. The second-order valence-electron chi connectivity index (χ2n) is 6.20. The Kier molecular flexibility index (Phi) is 4.81. The van der Waals surface area contributed by atoms with Crippen molar-refractivity contribution in [3.63, 3.8) is 0 Å². The number of halogens is 3. The molecular weight excluding hydrogens is 315 g/mol. The van der Waals surface area contributed by atoms with Crippen molar-refractivity contribution in [3.05, 3.63) is 65.2 Å². The van der Waals surface area contributed by atoms with Gasteiger partial charge in [0, 0.05) is 6.61 Å². The van der Waals surface area contributed by atoms with Gasteiger partial charge in [-0.25, -0.2) is 0 Å². The first-order valence-electron chi connectivity index (χ1n) is 8.12. The van der Waals surface area contributed by atoms with Crippen molar-refractivity contribution in [2.75, 3.05) is 11.9 Å². The summed E-state index contributed by atoms with van der Waals surface area (Å²) >= 11 is 0. The van der Waals surface area contributed by atoms with E-state index in [0.717, 1.165) is 18.1 Å². The number of aliphatic hydroxyl groups excluding tert-OH is 1. The molecule has 1 heterocycles. The molecule has 2 nitrogen and oxygen atoms in total. The molecule has 2 unspecified atom stereocenters. The van der Waals surface area contributed by atoms with Crippen molar-refractivity contribution in [1.82, 2.24) is 0 Å². The van der Waals surface area contributed by atoms with E-state index >= 15 is 0 Å². The third-order valence-corrected chi connectivity index (χ3v) is 4.60. The fourth-order valence-corrected chi connectivity index (χ4v) is 3.49. The van der Waals surface area contributed by atoms with Gasteiger partial charge in [-0.15, -0.1) is 0 Å². The van der Waals surface area contributed by atoms with E-state index in [1.54, 1.807) is 6.07 Å². The van der Waals surface area contributed by atoms with Gasteiger partial charge < -0.3 is 10.4 Å². The van der Waals surface area contributed by atoms with Crippen LogP contribution in [0.15, 0.2) is 48.5 Å². The Morgan fingerprint density at radius 1 is 1.04 bits per heavy atom. The Bertz CT molecular complexity index is 685. The Morgan fingerprint density at radius 2 is 1.79 bits per heavy atom. The van der Waals surface area contributed by atoms with E-state index in [0.29, 0.717) is 18.4 Å². The summed E-state index contributed by atoms with van der Waals surface area (Å²) in [5.74, 6) is 0.149. The van der Waals surface area contributed by atoms with Gasteiger partial charge in [-0.1, -0.05) is 42.5 Å². The first-order chi connectivity index (χ1) is 11.5. The maximum absolute atomic E-state index is 13.3. The van der Waals surface area contributed by atoms with E-state index in [-0.39, 0.29) is 24.3 Å². The summed E-state index contributed by atoms with van der Waals surface area (Å²) in [5, 5.41) is 12.3. The number of hydrogen-bond acceptors (Lipinski definition) is 2. The van der Waals surface area contributed by atoms with Gasteiger partial charge in [0.25, 0.3) is 0 Å². The molecule has 3 rings (SSSR count). The number of fused-ring (bicyclic) bond motifs is 1. The average Bonchev–Trinajstić information content (AvgIpc) is 2.58. The zero-order valence-electron chi connectivity index (χ0n) is 13.2. The SMILES string of the molecule is OCCCC1Cc2cccc(C(F)(F)F)c2NC1c1ccccc1. The van der Waals surface area contributed by atoms with Gasteiger partial charge in [0.1, 0.15) is 0 Å². The number of rotatable bonds is 4. The smallest absolute Gasteiger partial charge is 0.396 e. The topological polar surface area (TPSA) is 32.3 Å². The summed E-state index contributed by atoms with van der Waals surface area (Å²) in [4.78, 5) is 0. The van der Waals surface area contributed by atoms with Gasteiger partial charge >= 0.3 is 6.18 Å². The van der Waals surface area contributed by atoms with Crippen LogP contribution in [0.5, 0.6) is 0 Å². The third kappa shape index (κ3) is 3.41. The minimum absolute atomic E-state index is 0.0907. The van der Waals surface area contributed by atoms with Crippen LogP contribution in [0.4, 0.5) is 18.9 Å². The van der Waals surface area contributed by atoms with E-state index in [2.05, 4.69) is 5.32 Å². The Hall–Kier alpha value is -2.01. The zero-order valence-corrected chi connectivity index (χ0v) is 13.2. The fourth-order valence-electron chi connectivity index (χ4n) is 3.49. The lowest BCUT2D eigenvalue weighted by Gasteiger charge is -2.36. The Balaban J connectivity index is 2.00. The van der Waals surface area contributed by atoms with Crippen molar-refractivity contribution < 1.29 is 18.3 Å². The van der Waals surface area contributed by atoms with E-state index < -0.39 is 11.7 Å². The number of alkyl halides is 3. The Morgan fingerprint density at radius 3 is 2.46 bits per heavy atom.